The molecule has 0 amide bonds. The standard InChI is InChI=1S/C19H13ClO4/c20-14-6-8-15(9-7-14)23-12-19(22)24-18-10-5-13-3-1-2-4-16(13)17(18)11-21/h1-11H,12H2. The Morgan fingerprint density at radius 2 is 1.75 bits per heavy atom. The van der Waals surface area contributed by atoms with Gasteiger partial charge >= 0.3 is 5.97 Å². The Balaban J connectivity index is 1.73. The first-order chi connectivity index (χ1) is 11.7. The number of ether oxygens (including phenoxy) is 2. The average Bonchev–Trinajstić information content (AvgIpc) is 2.61. The molecule has 24 heavy (non-hydrogen) atoms. The lowest BCUT2D eigenvalue weighted by Crippen LogP contribution is -2.18. The lowest BCUT2D eigenvalue weighted by molar-refractivity contribution is -0.136. The van der Waals surface area contributed by atoms with Crippen LogP contribution in [0.2, 0.25) is 5.02 Å². The minimum atomic E-state index is -0.594. The van der Waals surface area contributed by atoms with Gasteiger partial charge in [-0.15, -0.1) is 0 Å². The van der Waals surface area contributed by atoms with Gasteiger partial charge in [-0.1, -0.05) is 41.9 Å². The van der Waals surface area contributed by atoms with Crippen LogP contribution in [0.3, 0.4) is 0 Å². The van der Waals surface area contributed by atoms with Crippen LogP contribution in [0.15, 0.2) is 60.7 Å². The highest BCUT2D eigenvalue weighted by Gasteiger charge is 2.12. The summed E-state index contributed by atoms with van der Waals surface area (Å²) in [5.74, 6) is 0.127. The van der Waals surface area contributed by atoms with E-state index in [-0.39, 0.29) is 12.4 Å². The van der Waals surface area contributed by atoms with Crippen molar-refractivity contribution in [2.45, 2.75) is 0 Å². The van der Waals surface area contributed by atoms with Crippen LogP contribution in [0.25, 0.3) is 10.8 Å². The van der Waals surface area contributed by atoms with Crippen LogP contribution in [-0.2, 0) is 4.79 Å². The predicted octanol–water partition coefficient (Wildman–Crippen LogP) is 4.29. The molecule has 0 atom stereocenters. The van der Waals surface area contributed by atoms with E-state index < -0.39 is 5.97 Å². The Labute approximate surface area is 143 Å². The Bertz CT molecular complexity index is 888. The fourth-order valence-corrected chi connectivity index (χ4v) is 2.44. The second kappa shape index (κ2) is 7.15. The van der Waals surface area contributed by atoms with E-state index in [9.17, 15) is 9.59 Å². The minimum Gasteiger partial charge on any atom is -0.482 e. The van der Waals surface area contributed by atoms with Crippen LogP contribution in [0.1, 0.15) is 10.4 Å². The van der Waals surface area contributed by atoms with E-state index >= 15 is 0 Å². The third-order valence-corrected chi connectivity index (χ3v) is 3.69. The Morgan fingerprint density at radius 3 is 2.50 bits per heavy atom. The van der Waals surface area contributed by atoms with Gasteiger partial charge < -0.3 is 9.47 Å². The SMILES string of the molecule is O=Cc1c(OC(=O)COc2ccc(Cl)cc2)ccc2ccccc12. The molecule has 3 rings (SSSR count). The van der Waals surface area contributed by atoms with Crippen LogP contribution in [0, 0.1) is 0 Å². The van der Waals surface area contributed by atoms with E-state index in [2.05, 4.69) is 0 Å². The minimum absolute atomic E-state index is 0.216. The summed E-state index contributed by atoms with van der Waals surface area (Å²) in [4.78, 5) is 23.4. The second-order valence-electron chi connectivity index (χ2n) is 5.03. The molecule has 3 aromatic rings. The fourth-order valence-electron chi connectivity index (χ4n) is 2.31. The number of fused-ring (bicyclic) bond motifs is 1. The number of hydrogen-bond donors (Lipinski definition) is 0. The summed E-state index contributed by atoms with van der Waals surface area (Å²) in [5, 5.41) is 2.21. The van der Waals surface area contributed by atoms with Gasteiger partial charge in [0.2, 0.25) is 0 Å². The maximum atomic E-state index is 12.0. The van der Waals surface area contributed by atoms with E-state index in [1.165, 1.54) is 0 Å². The monoisotopic (exact) mass is 340 g/mol. The molecule has 3 aromatic carbocycles. The number of rotatable bonds is 5. The van der Waals surface area contributed by atoms with E-state index in [0.717, 1.165) is 10.8 Å². The van der Waals surface area contributed by atoms with Crippen molar-refractivity contribution in [3.63, 3.8) is 0 Å². The van der Waals surface area contributed by atoms with Crippen molar-refractivity contribution in [3.05, 3.63) is 71.2 Å². The summed E-state index contributed by atoms with van der Waals surface area (Å²) in [6.45, 7) is -0.271. The van der Waals surface area contributed by atoms with Gasteiger partial charge in [0.15, 0.2) is 12.9 Å². The smallest absolute Gasteiger partial charge is 0.349 e. The lowest BCUT2D eigenvalue weighted by Gasteiger charge is -2.10. The summed E-state index contributed by atoms with van der Waals surface area (Å²) in [6.07, 6.45) is 0.686. The molecule has 0 aliphatic rings. The summed E-state index contributed by atoms with van der Waals surface area (Å²) >= 11 is 5.78. The van der Waals surface area contributed by atoms with E-state index in [4.69, 9.17) is 21.1 Å². The third kappa shape index (κ3) is 3.55. The predicted molar refractivity (Wildman–Crippen MR) is 91.9 cm³/mol. The zero-order valence-corrected chi connectivity index (χ0v) is 13.3. The van der Waals surface area contributed by atoms with Crippen molar-refractivity contribution in [2.24, 2.45) is 0 Å². The number of aldehydes is 1. The van der Waals surface area contributed by atoms with Crippen molar-refractivity contribution < 1.29 is 19.1 Å². The highest BCUT2D eigenvalue weighted by molar-refractivity contribution is 6.30. The second-order valence-corrected chi connectivity index (χ2v) is 5.47. The summed E-state index contributed by atoms with van der Waals surface area (Å²) in [6, 6.07) is 17.4. The zero-order chi connectivity index (χ0) is 16.9. The first kappa shape index (κ1) is 16.0. The molecule has 4 nitrogen and oxygen atoms in total. The van der Waals surface area contributed by atoms with E-state index in [1.807, 2.05) is 18.2 Å². The molecule has 0 saturated carbocycles. The summed E-state index contributed by atoms with van der Waals surface area (Å²) in [5.41, 5.74) is 0.341. The Hall–Kier alpha value is -2.85. The number of carbonyl (C=O) groups excluding carboxylic acids is 2. The molecule has 0 N–H and O–H groups in total. The third-order valence-electron chi connectivity index (χ3n) is 3.44. The molecule has 0 bridgehead atoms. The van der Waals surface area contributed by atoms with Crippen LogP contribution in [0.4, 0.5) is 0 Å². The van der Waals surface area contributed by atoms with Crippen LogP contribution < -0.4 is 9.47 Å². The van der Waals surface area contributed by atoms with Crippen molar-refractivity contribution in [1.82, 2.24) is 0 Å². The molecule has 0 aromatic heterocycles. The van der Waals surface area contributed by atoms with Gasteiger partial charge in [-0.25, -0.2) is 4.79 Å². The highest BCUT2D eigenvalue weighted by atomic mass is 35.5. The number of esters is 1. The van der Waals surface area contributed by atoms with Gasteiger partial charge in [0.05, 0.1) is 5.56 Å². The van der Waals surface area contributed by atoms with Crippen molar-refractivity contribution in [1.29, 1.82) is 0 Å². The van der Waals surface area contributed by atoms with Crippen molar-refractivity contribution in [3.8, 4) is 11.5 Å². The average molecular weight is 341 g/mol. The van der Waals surface area contributed by atoms with Crippen LogP contribution >= 0.6 is 11.6 Å². The maximum Gasteiger partial charge on any atom is 0.349 e. The largest absolute Gasteiger partial charge is 0.482 e. The van der Waals surface area contributed by atoms with Crippen molar-refractivity contribution >= 4 is 34.6 Å². The quantitative estimate of drug-likeness (QED) is 0.395. The topological polar surface area (TPSA) is 52.6 Å². The number of hydrogen-bond acceptors (Lipinski definition) is 4. The lowest BCUT2D eigenvalue weighted by atomic mass is 10.0. The van der Waals surface area contributed by atoms with Crippen LogP contribution in [0.5, 0.6) is 11.5 Å². The molecule has 0 unspecified atom stereocenters. The molecule has 0 heterocycles. The van der Waals surface area contributed by atoms with E-state index in [1.54, 1.807) is 42.5 Å². The number of halogens is 1. The van der Waals surface area contributed by atoms with Gasteiger partial charge in [0, 0.05) is 5.02 Å². The summed E-state index contributed by atoms with van der Waals surface area (Å²) in [7, 11) is 0. The normalized spacial score (nSPS) is 10.4. The van der Waals surface area contributed by atoms with Crippen molar-refractivity contribution in [2.75, 3.05) is 6.61 Å². The maximum absolute atomic E-state index is 12.0. The van der Waals surface area contributed by atoms with Gasteiger partial charge in [0.25, 0.3) is 0 Å². The highest BCUT2D eigenvalue weighted by Crippen LogP contribution is 2.26. The van der Waals surface area contributed by atoms with Gasteiger partial charge in [-0.05, 0) is 41.1 Å². The molecule has 0 spiro atoms. The first-order valence-electron chi connectivity index (χ1n) is 7.23. The van der Waals surface area contributed by atoms with Crippen LogP contribution in [-0.4, -0.2) is 18.9 Å². The van der Waals surface area contributed by atoms with Gasteiger partial charge in [-0.2, -0.15) is 0 Å². The Morgan fingerprint density at radius 1 is 1.00 bits per heavy atom. The molecule has 0 fully saturated rings. The molecular weight excluding hydrogens is 328 g/mol. The molecular formula is C19H13ClO4. The zero-order valence-electron chi connectivity index (χ0n) is 12.6. The molecule has 0 radical (unpaired) electrons. The van der Waals surface area contributed by atoms with Gasteiger partial charge in [0.1, 0.15) is 11.5 Å². The summed E-state index contributed by atoms with van der Waals surface area (Å²) < 4.78 is 10.6. The molecule has 0 aliphatic carbocycles. The number of benzene rings is 3. The molecule has 5 heteroatoms. The Kier molecular flexibility index (Phi) is 4.77. The molecule has 120 valence electrons. The fraction of sp³-hybridized carbons (Fsp3) is 0.0526. The van der Waals surface area contributed by atoms with Gasteiger partial charge in [-0.3, -0.25) is 4.79 Å². The van der Waals surface area contributed by atoms with E-state index in [0.29, 0.717) is 22.6 Å². The molecule has 0 saturated heterocycles. The number of carbonyl (C=O) groups is 2. The molecule has 0 aliphatic heterocycles. The first-order valence-corrected chi connectivity index (χ1v) is 7.61.